The molecule has 39 heavy (non-hydrogen) atoms. The van der Waals surface area contributed by atoms with Gasteiger partial charge in [-0.15, -0.1) is 11.8 Å². The third-order valence-corrected chi connectivity index (χ3v) is 7.76. The summed E-state index contributed by atoms with van der Waals surface area (Å²) in [6.07, 6.45) is 0.338. The second-order valence-electron chi connectivity index (χ2n) is 9.63. The summed E-state index contributed by atoms with van der Waals surface area (Å²) >= 11 is 1.80. The van der Waals surface area contributed by atoms with Gasteiger partial charge in [0.1, 0.15) is 11.6 Å². The first-order valence-electron chi connectivity index (χ1n) is 13.2. The van der Waals surface area contributed by atoms with Gasteiger partial charge in [0, 0.05) is 22.2 Å². The van der Waals surface area contributed by atoms with Crippen LogP contribution >= 0.6 is 11.8 Å². The van der Waals surface area contributed by atoms with Crippen LogP contribution < -0.4 is 10.1 Å². The fourth-order valence-electron chi connectivity index (χ4n) is 4.76. The molecule has 0 aliphatic rings. The molecule has 0 saturated carbocycles. The average molecular weight is 536 g/mol. The summed E-state index contributed by atoms with van der Waals surface area (Å²) in [5, 5.41) is 3.03. The van der Waals surface area contributed by atoms with Crippen LogP contribution in [0, 0.1) is 6.92 Å². The third-order valence-electron chi connectivity index (χ3n) is 6.87. The Morgan fingerprint density at radius 3 is 2.36 bits per heavy atom. The molecule has 198 valence electrons. The number of fused-ring (bicyclic) bond motifs is 1. The summed E-state index contributed by atoms with van der Waals surface area (Å²) in [5.74, 6) is 2.64. The maximum Gasteiger partial charge on any atom is 0.228 e. The van der Waals surface area contributed by atoms with E-state index in [1.165, 1.54) is 16.0 Å². The molecule has 0 fully saturated rings. The van der Waals surface area contributed by atoms with E-state index in [0.29, 0.717) is 6.42 Å². The van der Waals surface area contributed by atoms with Crippen LogP contribution in [0.3, 0.4) is 0 Å². The number of benzene rings is 4. The maximum absolute atomic E-state index is 12.7. The molecule has 1 atom stereocenters. The molecule has 0 radical (unpaired) electrons. The Balaban J connectivity index is 1.40. The number of nitrogens with one attached hydrogen (secondary N) is 1. The van der Waals surface area contributed by atoms with E-state index < -0.39 is 0 Å². The first-order valence-corrected chi connectivity index (χ1v) is 14.2. The number of aromatic nitrogens is 2. The van der Waals surface area contributed by atoms with E-state index in [-0.39, 0.29) is 11.9 Å². The van der Waals surface area contributed by atoms with E-state index in [1.54, 1.807) is 18.9 Å². The number of rotatable bonds is 9. The Bertz CT molecular complexity index is 1570. The quantitative estimate of drug-likeness (QED) is 0.195. The van der Waals surface area contributed by atoms with Crippen LogP contribution in [0.15, 0.2) is 95.9 Å². The minimum Gasteiger partial charge on any atom is -0.497 e. The van der Waals surface area contributed by atoms with Crippen molar-refractivity contribution in [3.63, 3.8) is 0 Å². The van der Waals surface area contributed by atoms with Gasteiger partial charge in [0.15, 0.2) is 0 Å². The lowest BCUT2D eigenvalue weighted by molar-refractivity contribution is -0.115. The molecule has 0 aliphatic heterocycles. The van der Waals surface area contributed by atoms with Crippen molar-refractivity contribution in [3.05, 3.63) is 108 Å². The van der Waals surface area contributed by atoms with Gasteiger partial charge in [0.2, 0.25) is 5.91 Å². The predicted octanol–water partition coefficient (Wildman–Crippen LogP) is 7.92. The van der Waals surface area contributed by atoms with Gasteiger partial charge in [0.25, 0.3) is 0 Å². The van der Waals surface area contributed by atoms with Gasteiger partial charge in [-0.25, -0.2) is 4.98 Å². The van der Waals surface area contributed by atoms with Crippen molar-refractivity contribution in [2.75, 3.05) is 18.2 Å². The molecular formula is C33H33N3O2S. The zero-order valence-electron chi connectivity index (χ0n) is 22.8. The van der Waals surface area contributed by atoms with Crippen LogP contribution in [-0.4, -0.2) is 28.3 Å². The normalized spacial score (nSPS) is 11.9. The monoisotopic (exact) mass is 535 g/mol. The van der Waals surface area contributed by atoms with E-state index in [0.717, 1.165) is 45.2 Å². The van der Waals surface area contributed by atoms with Gasteiger partial charge in [-0.05, 0) is 79.3 Å². The number of carbonyl (C=O) groups excluding carboxylic acids is 1. The predicted molar refractivity (Wildman–Crippen MR) is 162 cm³/mol. The van der Waals surface area contributed by atoms with Gasteiger partial charge in [0.05, 0.1) is 30.6 Å². The second-order valence-corrected chi connectivity index (χ2v) is 11.0. The number of thioether (sulfide) groups is 1. The van der Waals surface area contributed by atoms with Crippen molar-refractivity contribution in [1.29, 1.82) is 0 Å². The summed E-state index contributed by atoms with van der Waals surface area (Å²) in [4.78, 5) is 18.9. The fourth-order valence-corrected chi connectivity index (χ4v) is 5.42. The van der Waals surface area contributed by atoms with Crippen LogP contribution in [-0.2, 0) is 11.2 Å². The van der Waals surface area contributed by atoms with E-state index in [4.69, 9.17) is 9.72 Å². The summed E-state index contributed by atoms with van der Waals surface area (Å²) in [6, 6.07) is 30.8. The first kappa shape index (κ1) is 26.6. The van der Waals surface area contributed by atoms with Gasteiger partial charge in [-0.3, -0.25) is 4.79 Å². The summed E-state index contributed by atoms with van der Waals surface area (Å²) in [5.41, 5.74) is 7.10. The van der Waals surface area contributed by atoms with Crippen LogP contribution in [0.1, 0.15) is 36.6 Å². The SMILES string of the molecule is CCSc1ccc(CC(=O)Nc2ccc(-c3nc4cc(OC)ccc4n3[C@H](C)c3ccc(C)cc3)cc2)cc1. The van der Waals surface area contributed by atoms with Crippen molar-refractivity contribution in [2.24, 2.45) is 0 Å². The number of carbonyl (C=O) groups is 1. The van der Waals surface area contributed by atoms with Gasteiger partial charge >= 0.3 is 0 Å². The molecule has 0 aliphatic carbocycles. The Morgan fingerprint density at radius 1 is 0.974 bits per heavy atom. The molecule has 0 unspecified atom stereocenters. The number of anilines is 1. The molecule has 1 heterocycles. The lowest BCUT2D eigenvalue weighted by Crippen LogP contribution is -2.14. The van der Waals surface area contributed by atoms with Gasteiger partial charge in [-0.1, -0.05) is 48.9 Å². The number of hydrogen-bond acceptors (Lipinski definition) is 4. The molecule has 5 aromatic rings. The van der Waals surface area contributed by atoms with Gasteiger partial charge in [-0.2, -0.15) is 0 Å². The highest BCUT2D eigenvalue weighted by Gasteiger charge is 2.19. The number of imidazole rings is 1. The number of aryl methyl sites for hydroxylation is 1. The highest BCUT2D eigenvalue weighted by Crippen LogP contribution is 2.33. The van der Waals surface area contributed by atoms with Crippen molar-refractivity contribution < 1.29 is 9.53 Å². The van der Waals surface area contributed by atoms with Crippen molar-refractivity contribution in [3.8, 4) is 17.1 Å². The number of ether oxygens (including phenoxy) is 1. The number of hydrogen-bond donors (Lipinski definition) is 1. The average Bonchev–Trinajstić information content (AvgIpc) is 3.33. The first-order chi connectivity index (χ1) is 18.9. The van der Waals surface area contributed by atoms with Crippen LogP contribution in [0.4, 0.5) is 5.69 Å². The van der Waals surface area contributed by atoms with E-state index in [9.17, 15) is 4.79 Å². The van der Waals surface area contributed by atoms with E-state index in [1.807, 2.05) is 48.5 Å². The zero-order chi connectivity index (χ0) is 27.4. The summed E-state index contributed by atoms with van der Waals surface area (Å²) in [6.45, 7) is 6.43. The van der Waals surface area contributed by atoms with E-state index in [2.05, 4.69) is 73.1 Å². The van der Waals surface area contributed by atoms with E-state index >= 15 is 0 Å². The number of nitrogens with zero attached hydrogens (tertiary/aromatic N) is 2. The third kappa shape index (κ3) is 6.02. The van der Waals surface area contributed by atoms with Gasteiger partial charge < -0.3 is 14.6 Å². The molecule has 0 spiro atoms. The molecular weight excluding hydrogens is 502 g/mol. The minimum absolute atomic E-state index is 0.0361. The van der Waals surface area contributed by atoms with Crippen LogP contribution in [0.5, 0.6) is 5.75 Å². The van der Waals surface area contributed by atoms with Crippen LogP contribution in [0.2, 0.25) is 0 Å². The summed E-state index contributed by atoms with van der Waals surface area (Å²) < 4.78 is 7.73. The molecule has 6 heteroatoms. The summed E-state index contributed by atoms with van der Waals surface area (Å²) in [7, 11) is 1.67. The molecule has 1 N–H and O–H groups in total. The fraction of sp³-hybridized carbons (Fsp3) is 0.212. The van der Waals surface area contributed by atoms with Crippen molar-refractivity contribution >= 4 is 34.4 Å². The lowest BCUT2D eigenvalue weighted by Gasteiger charge is -2.19. The Labute approximate surface area is 234 Å². The molecule has 5 rings (SSSR count). The molecule has 0 bridgehead atoms. The minimum atomic E-state index is -0.0361. The van der Waals surface area contributed by atoms with Crippen LogP contribution in [0.25, 0.3) is 22.4 Å². The molecule has 0 saturated heterocycles. The topological polar surface area (TPSA) is 56.1 Å². The molecule has 5 nitrogen and oxygen atoms in total. The molecule has 1 aromatic heterocycles. The second kappa shape index (κ2) is 11.8. The zero-order valence-corrected chi connectivity index (χ0v) is 23.6. The highest BCUT2D eigenvalue weighted by atomic mass is 32.2. The molecule has 1 amide bonds. The number of methoxy groups -OCH3 is 1. The van der Waals surface area contributed by atoms with Crippen molar-refractivity contribution in [1.82, 2.24) is 9.55 Å². The Kier molecular flexibility index (Phi) is 8.03. The Hall–Kier alpha value is -4.03. The largest absolute Gasteiger partial charge is 0.497 e. The number of amides is 1. The highest BCUT2D eigenvalue weighted by molar-refractivity contribution is 7.99. The maximum atomic E-state index is 12.7. The van der Waals surface area contributed by atoms with Crippen molar-refractivity contribution in [2.45, 2.75) is 38.1 Å². The Morgan fingerprint density at radius 2 is 1.69 bits per heavy atom. The standard InChI is InChI=1S/C33H33N3O2S/c1-5-39-29-17-8-24(9-18-29)20-32(37)34-27-14-12-26(13-15-27)33-35-30-21-28(38-4)16-19-31(30)36(33)23(3)25-10-6-22(2)7-11-25/h6-19,21,23H,5,20H2,1-4H3,(H,34,37)/t23-/m1/s1. The molecule has 4 aromatic carbocycles. The lowest BCUT2D eigenvalue weighted by atomic mass is 10.1. The smallest absolute Gasteiger partial charge is 0.228 e.